The number of H-pyrrole nitrogens is 1. The van der Waals surface area contributed by atoms with Gasteiger partial charge < -0.3 is 9.47 Å². The van der Waals surface area contributed by atoms with Crippen molar-refractivity contribution in [3.05, 3.63) is 24.0 Å². The Hall–Kier alpha value is -2.04. The van der Waals surface area contributed by atoms with Crippen molar-refractivity contribution in [2.45, 2.75) is 33.6 Å². The molecule has 1 aromatic heterocycles. The normalized spacial score (nSPS) is 10.6. The van der Waals surface area contributed by atoms with Crippen LogP contribution in [0.2, 0.25) is 0 Å². The van der Waals surface area contributed by atoms with E-state index in [0.29, 0.717) is 19.0 Å². The van der Waals surface area contributed by atoms with Gasteiger partial charge in [0.1, 0.15) is 5.82 Å². The molecule has 5 nitrogen and oxygen atoms in total. The van der Waals surface area contributed by atoms with Gasteiger partial charge in [0.2, 0.25) is 0 Å². The fourth-order valence-electron chi connectivity index (χ4n) is 1.96. The molecule has 0 aliphatic carbocycles. The molecule has 0 spiro atoms. The van der Waals surface area contributed by atoms with Crippen LogP contribution in [0.3, 0.4) is 0 Å². The predicted octanol–water partition coefficient (Wildman–Crippen LogP) is 3.22. The van der Waals surface area contributed by atoms with E-state index in [-0.39, 0.29) is 0 Å². The minimum absolute atomic E-state index is 0.596. The van der Waals surface area contributed by atoms with E-state index >= 15 is 0 Å². The molecule has 0 aliphatic rings. The van der Waals surface area contributed by atoms with Crippen LogP contribution < -0.4 is 9.47 Å². The Morgan fingerprint density at radius 1 is 1.05 bits per heavy atom. The first-order valence-electron chi connectivity index (χ1n) is 7.09. The van der Waals surface area contributed by atoms with Crippen LogP contribution in [0, 0.1) is 0 Å². The second kappa shape index (κ2) is 6.93. The highest BCUT2D eigenvalue weighted by Crippen LogP contribution is 2.31. The van der Waals surface area contributed by atoms with Crippen LogP contribution in [0.25, 0.3) is 11.4 Å². The number of ether oxygens (including phenoxy) is 2. The highest BCUT2D eigenvalue weighted by Gasteiger charge is 2.10. The summed E-state index contributed by atoms with van der Waals surface area (Å²) in [7, 11) is 0. The molecule has 0 amide bonds. The summed E-state index contributed by atoms with van der Waals surface area (Å²) in [6, 6.07) is 5.78. The first-order chi connectivity index (χ1) is 9.78. The summed E-state index contributed by atoms with van der Waals surface area (Å²) in [5.41, 5.74) is 0.926. The first kappa shape index (κ1) is 14.4. The third-order valence-corrected chi connectivity index (χ3v) is 2.82. The van der Waals surface area contributed by atoms with Crippen molar-refractivity contribution in [1.82, 2.24) is 15.2 Å². The molecule has 0 aliphatic heterocycles. The Morgan fingerprint density at radius 3 is 2.50 bits per heavy atom. The maximum atomic E-state index is 5.62. The van der Waals surface area contributed by atoms with E-state index in [1.807, 2.05) is 32.0 Å². The number of benzene rings is 1. The summed E-state index contributed by atoms with van der Waals surface area (Å²) < 4.78 is 11.2. The number of rotatable bonds is 7. The molecular formula is C15H21N3O2. The van der Waals surface area contributed by atoms with E-state index in [0.717, 1.165) is 35.7 Å². The molecule has 1 N–H and O–H groups in total. The number of aromatic nitrogens is 3. The second-order valence-electron chi connectivity index (χ2n) is 4.38. The molecule has 0 unspecified atom stereocenters. The van der Waals surface area contributed by atoms with Crippen LogP contribution in [0.1, 0.15) is 33.0 Å². The molecule has 1 aromatic carbocycles. The fourth-order valence-corrected chi connectivity index (χ4v) is 1.96. The average molecular weight is 275 g/mol. The lowest BCUT2D eigenvalue weighted by molar-refractivity contribution is 0.288. The lowest BCUT2D eigenvalue weighted by Gasteiger charge is -2.11. The topological polar surface area (TPSA) is 60.0 Å². The van der Waals surface area contributed by atoms with Gasteiger partial charge in [-0.2, -0.15) is 5.10 Å². The van der Waals surface area contributed by atoms with Crippen LogP contribution in [0.4, 0.5) is 0 Å². The van der Waals surface area contributed by atoms with Crippen LogP contribution >= 0.6 is 0 Å². The van der Waals surface area contributed by atoms with Gasteiger partial charge in [0, 0.05) is 12.0 Å². The lowest BCUT2D eigenvalue weighted by atomic mass is 10.2. The van der Waals surface area contributed by atoms with Crippen LogP contribution in [0.5, 0.6) is 11.5 Å². The molecule has 0 fully saturated rings. The molecule has 0 atom stereocenters. The van der Waals surface area contributed by atoms with Gasteiger partial charge in [-0.3, -0.25) is 5.10 Å². The van der Waals surface area contributed by atoms with Crippen LogP contribution in [-0.4, -0.2) is 28.4 Å². The van der Waals surface area contributed by atoms with Gasteiger partial charge in [-0.1, -0.05) is 6.92 Å². The summed E-state index contributed by atoms with van der Waals surface area (Å²) in [6.07, 6.45) is 1.95. The summed E-state index contributed by atoms with van der Waals surface area (Å²) in [4.78, 5) is 4.48. The molecule has 2 aromatic rings. The van der Waals surface area contributed by atoms with Gasteiger partial charge >= 0.3 is 0 Å². The van der Waals surface area contributed by atoms with Crippen molar-refractivity contribution in [2.75, 3.05) is 13.2 Å². The molecule has 108 valence electrons. The molecule has 0 radical (unpaired) electrons. The Morgan fingerprint density at radius 2 is 1.80 bits per heavy atom. The van der Waals surface area contributed by atoms with Crippen LogP contribution in [-0.2, 0) is 6.42 Å². The second-order valence-corrected chi connectivity index (χ2v) is 4.38. The summed E-state index contributed by atoms with van der Waals surface area (Å²) >= 11 is 0. The SMILES string of the molecule is CCCc1nc(-c2ccc(OCC)c(OCC)c2)n[nH]1. The number of hydrogen-bond donors (Lipinski definition) is 1. The smallest absolute Gasteiger partial charge is 0.181 e. The van der Waals surface area contributed by atoms with E-state index in [1.54, 1.807) is 0 Å². The van der Waals surface area contributed by atoms with Gasteiger partial charge in [-0.25, -0.2) is 4.98 Å². The highest BCUT2D eigenvalue weighted by molar-refractivity contribution is 5.60. The van der Waals surface area contributed by atoms with Gasteiger partial charge in [-0.05, 0) is 38.5 Å². The van der Waals surface area contributed by atoms with E-state index < -0.39 is 0 Å². The molecular weight excluding hydrogens is 254 g/mol. The fraction of sp³-hybridized carbons (Fsp3) is 0.467. The molecule has 0 saturated heterocycles. The molecule has 0 bridgehead atoms. The number of aromatic amines is 1. The standard InChI is InChI=1S/C15H21N3O2/c1-4-7-14-16-15(18-17-14)11-8-9-12(19-5-2)13(10-11)20-6-3/h8-10H,4-7H2,1-3H3,(H,16,17,18). The minimum Gasteiger partial charge on any atom is -0.490 e. The quantitative estimate of drug-likeness (QED) is 0.842. The molecule has 5 heteroatoms. The van der Waals surface area contributed by atoms with Gasteiger partial charge in [-0.15, -0.1) is 0 Å². The van der Waals surface area contributed by atoms with Gasteiger partial charge in [0.15, 0.2) is 17.3 Å². The maximum absolute atomic E-state index is 5.62. The number of aryl methyl sites for hydroxylation is 1. The van der Waals surface area contributed by atoms with Crippen molar-refractivity contribution in [2.24, 2.45) is 0 Å². The highest BCUT2D eigenvalue weighted by atomic mass is 16.5. The third kappa shape index (κ3) is 3.29. The summed E-state index contributed by atoms with van der Waals surface area (Å²) in [5.74, 6) is 3.09. The van der Waals surface area contributed by atoms with E-state index in [4.69, 9.17) is 9.47 Å². The van der Waals surface area contributed by atoms with Crippen molar-refractivity contribution in [3.8, 4) is 22.9 Å². The summed E-state index contributed by atoms with van der Waals surface area (Å²) in [5, 5.41) is 7.21. The molecule has 20 heavy (non-hydrogen) atoms. The van der Waals surface area contributed by atoms with Crippen molar-refractivity contribution < 1.29 is 9.47 Å². The monoisotopic (exact) mass is 275 g/mol. The molecule has 2 rings (SSSR count). The Labute approximate surface area is 119 Å². The maximum Gasteiger partial charge on any atom is 0.181 e. The largest absolute Gasteiger partial charge is 0.490 e. The van der Waals surface area contributed by atoms with Crippen molar-refractivity contribution in [1.29, 1.82) is 0 Å². The van der Waals surface area contributed by atoms with Gasteiger partial charge in [0.05, 0.1) is 13.2 Å². The number of nitrogens with one attached hydrogen (secondary N) is 1. The van der Waals surface area contributed by atoms with E-state index in [1.165, 1.54) is 0 Å². The first-order valence-corrected chi connectivity index (χ1v) is 7.09. The molecule has 1 heterocycles. The predicted molar refractivity (Wildman–Crippen MR) is 78.2 cm³/mol. The zero-order chi connectivity index (χ0) is 14.4. The summed E-state index contributed by atoms with van der Waals surface area (Å²) in [6.45, 7) is 7.23. The number of nitrogens with zero attached hydrogens (tertiary/aromatic N) is 2. The van der Waals surface area contributed by atoms with Crippen LogP contribution in [0.15, 0.2) is 18.2 Å². The average Bonchev–Trinajstić information content (AvgIpc) is 2.90. The zero-order valence-corrected chi connectivity index (χ0v) is 12.3. The number of hydrogen-bond acceptors (Lipinski definition) is 4. The van der Waals surface area contributed by atoms with Gasteiger partial charge in [0.25, 0.3) is 0 Å². The van der Waals surface area contributed by atoms with Crippen molar-refractivity contribution >= 4 is 0 Å². The van der Waals surface area contributed by atoms with Crippen molar-refractivity contribution in [3.63, 3.8) is 0 Å². The third-order valence-electron chi connectivity index (χ3n) is 2.82. The Bertz CT molecular complexity index is 552. The molecule has 0 saturated carbocycles. The minimum atomic E-state index is 0.596. The Kier molecular flexibility index (Phi) is 4.98. The lowest BCUT2D eigenvalue weighted by Crippen LogP contribution is -1.98. The van der Waals surface area contributed by atoms with E-state index in [9.17, 15) is 0 Å². The zero-order valence-electron chi connectivity index (χ0n) is 12.3. The Balaban J connectivity index is 2.28. The van der Waals surface area contributed by atoms with E-state index in [2.05, 4.69) is 22.1 Å².